The van der Waals surface area contributed by atoms with Crippen molar-refractivity contribution in [3.8, 4) is 5.75 Å². The molecule has 17 heavy (non-hydrogen) atoms. The Morgan fingerprint density at radius 2 is 2.12 bits per heavy atom. The van der Waals surface area contributed by atoms with Gasteiger partial charge in [0.2, 0.25) is 0 Å². The van der Waals surface area contributed by atoms with Gasteiger partial charge in [0.15, 0.2) is 0 Å². The van der Waals surface area contributed by atoms with E-state index in [0.717, 1.165) is 0 Å². The second-order valence-corrected chi connectivity index (χ2v) is 3.59. The zero-order chi connectivity index (χ0) is 12.3. The largest absolute Gasteiger partial charge is 0.496 e. The maximum Gasteiger partial charge on any atom is 0.132 e. The van der Waals surface area contributed by atoms with E-state index in [1.807, 2.05) is 0 Å². The Labute approximate surface area is 99.2 Å². The van der Waals surface area contributed by atoms with E-state index in [-0.39, 0.29) is 11.9 Å². The van der Waals surface area contributed by atoms with Crippen molar-refractivity contribution >= 4 is 0 Å². The molecule has 1 unspecified atom stereocenters. The molecule has 0 aliphatic heterocycles. The standard InChI is InChI=1S/C13H14FNO2/c1-15-13(11-7-4-8-17-11)12-9(14)5-3-6-10(12)16-2/h3-8,13,15H,1-2H3. The van der Waals surface area contributed by atoms with Crippen molar-refractivity contribution in [3.63, 3.8) is 0 Å². The average molecular weight is 235 g/mol. The van der Waals surface area contributed by atoms with E-state index in [4.69, 9.17) is 9.15 Å². The lowest BCUT2D eigenvalue weighted by molar-refractivity contribution is 0.388. The van der Waals surface area contributed by atoms with Crippen LogP contribution in [-0.2, 0) is 0 Å². The highest BCUT2D eigenvalue weighted by atomic mass is 19.1. The molecule has 0 saturated carbocycles. The van der Waals surface area contributed by atoms with Crippen LogP contribution in [0.15, 0.2) is 41.0 Å². The molecule has 0 aliphatic rings. The van der Waals surface area contributed by atoms with Gasteiger partial charge in [0.1, 0.15) is 17.3 Å². The lowest BCUT2D eigenvalue weighted by atomic mass is 10.0. The first-order valence-corrected chi connectivity index (χ1v) is 5.31. The van der Waals surface area contributed by atoms with Crippen LogP contribution in [0.25, 0.3) is 0 Å². The molecule has 0 amide bonds. The molecule has 90 valence electrons. The van der Waals surface area contributed by atoms with Crippen LogP contribution < -0.4 is 10.1 Å². The number of benzene rings is 1. The van der Waals surface area contributed by atoms with Crippen LogP contribution in [0.3, 0.4) is 0 Å². The number of hydrogen-bond donors (Lipinski definition) is 1. The lowest BCUT2D eigenvalue weighted by Crippen LogP contribution is -2.19. The molecule has 1 N–H and O–H groups in total. The number of methoxy groups -OCH3 is 1. The molecule has 2 aromatic rings. The van der Waals surface area contributed by atoms with Crippen LogP contribution in [0.2, 0.25) is 0 Å². The molecule has 0 saturated heterocycles. The molecular weight excluding hydrogens is 221 g/mol. The Hall–Kier alpha value is -1.81. The first-order valence-electron chi connectivity index (χ1n) is 5.31. The third kappa shape index (κ3) is 2.17. The van der Waals surface area contributed by atoms with Gasteiger partial charge in [0, 0.05) is 0 Å². The van der Waals surface area contributed by atoms with Crippen molar-refractivity contribution in [1.29, 1.82) is 0 Å². The molecule has 3 nitrogen and oxygen atoms in total. The second kappa shape index (κ2) is 5.01. The fourth-order valence-electron chi connectivity index (χ4n) is 1.86. The quantitative estimate of drug-likeness (QED) is 0.884. The summed E-state index contributed by atoms with van der Waals surface area (Å²) in [6.07, 6.45) is 1.56. The highest BCUT2D eigenvalue weighted by Crippen LogP contribution is 2.32. The zero-order valence-corrected chi connectivity index (χ0v) is 9.74. The van der Waals surface area contributed by atoms with Gasteiger partial charge in [-0.05, 0) is 31.3 Å². The Bertz CT molecular complexity index is 482. The summed E-state index contributed by atoms with van der Waals surface area (Å²) >= 11 is 0. The minimum atomic E-state index is -0.360. The Kier molecular flexibility index (Phi) is 3.44. The van der Waals surface area contributed by atoms with Gasteiger partial charge in [-0.15, -0.1) is 0 Å². The van der Waals surface area contributed by atoms with Gasteiger partial charge in [0.05, 0.1) is 25.0 Å². The molecule has 4 heteroatoms. The third-order valence-electron chi connectivity index (χ3n) is 2.64. The highest BCUT2D eigenvalue weighted by molar-refractivity contribution is 5.40. The Balaban J connectivity index is 2.50. The Morgan fingerprint density at radius 3 is 2.71 bits per heavy atom. The SMILES string of the molecule is CNC(c1ccco1)c1c(F)cccc1OC. The van der Waals surface area contributed by atoms with E-state index in [2.05, 4.69) is 5.32 Å². The molecule has 0 radical (unpaired) electrons. The van der Waals surface area contributed by atoms with Crippen molar-refractivity contribution in [2.24, 2.45) is 0 Å². The van der Waals surface area contributed by atoms with Gasteiger partial charge >= 0.3 is 0 Å². The van der Waals surface area contributed by atoms with Gasteiger partial charge < -0.3 is 14.5 Å². The van der Waals surface area contributed by atoms with Crippen molar-refractivity contribution in [3.05, 3.63) is 53.7 Å². The summed E-state index contributed by atoms with van der Waals surface area (Å²) in [7, 11) is 3.27. The summed E-state index contributed by atoms with van der Waals surface area (Å²) in [5.41, 5.74) is 0.451. The van der Waals surface area contributed by atoms with Crippen molar-refractivity contribution in [1.82, 2.24) is 5.32 Å². The number of nitrogens with one attached hydrogen (secondary N) is 1. The molecule has 0 spiro atoms. The number of halogens is 1. The molecule has 1 atom stereocenters. The fourth-order valence-corrected chi connectivity index (χ4v) is 1.86. The molecule has 0 bridgehead atoms. The van der Waals surface area contributed by atoms with Gasteiger partial charge in [-0.25, -0.2) is 4.39 Å². The van der Waals surface area contributed by atoms with Crippen LogP contribution in [-0.4, -0.2) is 14.2 Å². The summed E-state index contributed by atoms with van der Waals surface area (Å²) in [5.74, 6) is 0.830. The number of furan rings is 1. The van der Waals surface area contributed by atoms with Crippen LogP contribution in [0, 0.1) is 5.82 Å². The molecule has 2 rings (SSSR count). The van der Waals surface area contributed by atoms with Crippen LogP contribution in [0.5, 0.6) is 5.75 Å². The van der Waals surface area contributed by atoms with Gasteiger partial charge in [-0.2, -0.15) is 0 Å². The van der Waals surface area contributed by atoms with E-state index >= 15 is 0 Å². The maximum atomic E-state index is 13.9. The van der Waals surface area contributed by atoms with E-state index in [0.29, 0.717) is 17.1 Å². The predicted molar refractivity (Wildman–Crippen MR) is 62.6 cm³/mol. The number of hydrogen-bond acceptors (Lipinski definition) is 3. The molecule has 1 heterocycles. The molecule has 0 aliphatic carbocycles. The smallest absolute Gasteiger partial charge is 0.132 e. The van der Waals surface area contributed by atoms with Crippen LogP contribution in [0.4, 0.5) is 4.39 Å². The first kappa shape index (κ1) is 11.7. The van der Waals surface area contributed by atoms with E-state index in [1.54, 1.807) is 37.6 Å². The summed E-state index contributed by atoms with van der Waals surface area (Å²) in [5, 5.41) is 3.02. The van der Waals surface area contributed by atoms with Crippen LogP contribution >= 0.6 is 0 Å². The predicted octanol–water partition coefficient (Wildman–Crippen LogP) is 2.74. The summed E-state index contributed by atoms with van der Waals surface area (Å²) in [6, 6.07) is 7.96. The van der Waals surface area contributed by atoms with Crippen molar-refractivity contribution in [2.45, 2.75) is 6.04 Å². The van der Waals surface area contributed by atoms with Gasteiger partial charge in [-0.3, -0.25) is 0 Å². The van der Waals surface area contributed by atoms with E-state index in [1.165, 1.54) is 13.2 Å². The monoisotopic (exact) mass is 235 g/mol. The fraction of sp³-hybridized carbons (Fsp3) is 0.231. The average Bonchev–Trinajstić information content (AvgIpc) is 2.86. The second-order valence-electron chi connectivity index (χ2n) is 3.59. The normalized spacial score (nSPS) is 12.4. The highest BCUT2D eigenvalue weighted by Gasteiger charge is 2.22. The first-order chi connectivity index (χ1) is 8.27. The summed E-state index contributed by atoms with van der Waals surface area (Å²) in [6.45, 7) is 0. The topological polar surface area (TPSA) is 34.4 Å². The lowest BCUT2D eigenvalue weighted by Gasteiger charge is -2.17. The minimum absolute atomic E-state index is 0.319. The molecule has 1 aromatic heterocycles. The van der Waals surface area contributed by atoms with Crippen molar-refractivity contribution in [2.75, 3.05) is 14.2 Å². The summed E-state index contributed by atoms with van der Waals surface area (Å²) < 4.78 is 24.4. The third-order valence-corrected chi connectivity index (χ3v) is 2.64. The van der Waals surface area contributed by atoms with E-state index in [9.17, 15) is 4.39 Å². The van der Waals surface area contributed by atoms with Gasteiger partial charge in [0.25, 0.3) is 0 Å². The number of rotatable bonds is 4. The van der Waals surface area contributed by atoms with Crippen LogP contribution in [0.1, 0.15) is 17.4 Å². The van der Waals surface area contributed by atoms with Crippen molar-refractivity contribution < 1.29 is 13.5 Å². The summed E-state index contributed by atoms with van der Waals surface area (Å²) in [4.78, 5) is 0. The molecule has 0 fully saturated rings. The molecular formula is C13H14FNO2. The molecule has 1 aromatic carbocycles. The maximum absolute atomic E-state index is 13.9. The van der Waals surface area contributed by atoms with E-state index < -0.39 is 0 Å². The van der Waals surface area contributed by atoms with Gasteiger partial charge in [-0.1, -0.05) is 6.07 Å². The zero-order valence-electron chi connectivity index (χ0n) is 9.74. The number of ether oxygens (including phenoxy) is 1. The minimum Gasteiger partial charge on any atom is -0.496 e. The Morgan fingerprint density at radius 1 is 1.29 bits per heavy atom.